The molecule has 34 heavy (non-hydrogen) atoms. The molecule has 0 aromatic carbocycles. The topological polar surface area (TPSA) is 134 Å². The molecule has 4 heterocycles. The molecule has 3 aromatic heterocycles. The average Bonchev–Trinajstić information content (AvgIpc) is 3.38. The molecular formula is C25H26N6O3. The highest BCUT2D eigenvalue weighted by atomic mass is 16.2. The SMILES string of the molecule is CC(C)(NC(=O)c1cccc(-c2cnc3[nH]c(C4=CCN(C(=O)C5CC5)C4)cc3c2)n1)C(N)=O. The highest BCUT2D eigenvalue weighted by Crippen LogP contribution is 2.33. The monoisotopic (exact) mass is 458 g/mol. The third-order valence-corrected chi connectivity index (χ3v) is 6.29. The number of pyridine rings is 2. The van der Waals surface area contributed by atoms with E-state index in [9.17, 15) is 14.4 Å². The van der Waals surface area contributed by atoms with Gasteiger partial charge in [0.2, 0.25) is 11.8 Å². The molecule has 0 saturated heterocycles. The van der Waals surface area contributed by atoms with E-state index < -0.39 is 17.4 Å². The number of carbonyl (C=O) groups excluding carboxylic acids is 3. The van der Waals surface area contributed by atoms with Crippen LogP contribution in [0.2, 0.25) is 0 Å². The van der Waals surface area contributed by atoms with Gasteiger partial charge < -0.3 is 20.9 Å². The van der Waals surface area contributed by atoms with Crippen molar-refractivity contribution < 1.29 is 14.4 Å². The van der Waals surface area contributed by atoms with Crippen molar-refractivity contribution in [2.45, 2.75) is 32.2 Å². The summed E-state index contributed by atoms with van der Waals surface area (Å²) >= 11 is 0. The van der Waals surface area contributed by atoms with Gasteiger partial charge in [-0.2, -0.15) is 0 Å². The number of hydrogen-bond donors (Lipinski definition) is 3. The Morgan fingerprint density at radius 1 is 1.21 bits per heavy atom. The maximum atomic E-state index is 12.6. The number of H-pyrrole nitrogens is 1. The Morgan fingerprint density at radius 3 is 2.74 bits per heavy atom. The first kappa shape index (κ1) is 21.8. The van der Waals surface area contributed by atoms with Gasteiger partial charge in [0.15, 0.2) is 0 Å². The first-order valence-corrected chi connectivity index (χ1v) is 11.3. The van der Waals surface area contributed by atoms with Gasteiger partial charge in [-0.05, 0) is 56.5 Å². The number of aromatic amines is 1. The van der Waals surface area contributed by atoms with Crippen LogP contribution in [0.4, 0.5) is 0 Å². The van der Waals surface area contributed by atoms with Gasteiger partial charge in [-0.1, -0.05) is 12.1 Å². The second-order valence-electron chi connectivity index (χ2n) is 9.42. The minimum absolute atomic E-state index is 0.179. The summed E-state index contributed by atoms with van der Waals surface area (Å²) in [5.74, 6) is -0.654. The number of nitrogens with one attached hydrogen (secondary N) is 2. The maximum Gasteiger partial charge on any atom is 0.270 e. The normalized spacial score (nSPS) is 15.9. The van der Waals surface area contributed by atoms with E-state index >= 15 is 0 Å². The molecular weight excluding hydrogens is 432 g/mol. The predicted molar refractivity (Wildman–Crippen MR) is 127 cm³/mol. The Balaban J connectivity index is 1.36. The van der Waals surface area contributed by atoms with Crippen molar-refractivity contribution in [2.75, 3.05) is 13.1 Å². The fourth-order valence-electron chi connectivity index (χ4n) is 3.97. The smallest absolute Gasteiger partial charge is 0.270 e. The van der Waals surface area contributed by atoms with Crippen molar-refractivity contribution >= 4 is 34.3 Å². The number of fused-ring (bicyclic) bond motifs is 1. The van der Waals surface area contributed by atoms with Crippen molar-refractivity contribution in [3.05, 3.63) is 54.0 Å². The fraction of sp³-hybridized carbons (Fsp3) is 0.320. The molecule has 5 rings (SSSR count). The van der Waals surface area contributed by atoms with Gasteiger partial charge in [0, 0.05) is 41.8 Å². The quantitative estimate of drug-likeness (QED) is 0.521. The first-order chi connectivity index (χ1) is 16.2. The van der Waals surface area contributed by atoms with Gasteiger partial charge in [0.05, 0.1) is 5.69 Å². The minimum Gasteiger partial charge on any atom is -0.368 e. The van der Waals surface area contributed by atoms with Crippen molar-refractivity contribution in [2.24, 2.45) is 11.7 Å². The molecule has 0 bridgehead atoms. The summed E-state index contributed by atoms with van der Waals surface area (Å²) in [4.78, 5) is 50.7. The van der Waals surface area contributed by atoms with E-state index in [2.05, 4.69) is 26.3 Å². The van der Waals surface area contributed by atoms with E-state index in [1.807, 2.05) is 17.0 Å². The molecule has 0 radical (unpaired) electrons. The molecule has 0 unspecified atom stereocenters. The summed E-state index contributed by atoms with van der Waals surface area (Å²) in [7, 11) is 0. The summed E-state index contributed by atoms with van der Waals surface area (Å²) in [6, 6.07) is 9.10. The third kappa shape index (κ3) is 4.16. The number of amides is 3. The van der Waals surface area contributed by atoms with Crippen LogP contribution in [0.1, 0.15) is 42.9 Å². The van der Waals surface area contributed by atoms with Crippen LogP contribution in [0.5, 0.6) is 0 Å². The van der Waals surface area contributed by atoms with Crippen molar-refractivity contribution in [3.63, 3.8) is 0 Å². The van der Waals surface area contributed by atoms with Gasteiger partial charge in [-0.25, -0.2) is 9.97 Å². The number of primary amides is 1. The van der Waals surface area contributed by atoms with Crippen LogP contribution in [0.15, 0.2) is 42.6 Å². The molecule has 9 nitrogen and oxygen atoms in total. The highest BCUT2D eigenvalue weighted by Gasteiger charge is 2.35. The number of hydrogen-bond acceptors (Lipinski definition) is 5. The van der Waals surface area contributed by atoms with Crippen LogP contribution in [-0.4, -0.2) is 56.2 Å². The van der Waals surface area contributed by atoms with E-state index in [4.69, 9.17) is 5.73 Å². The summed E-state index contributed by atoms with van der Waals surface area (Å²) in [6.07, 6.45) is 5.79. The van der Waals surface area contributed by atoms with Crippen LogP contribution in [-0.2, 0) is 9.59 Å². The van der Waals surface area contributed by atoms with Crippen molar-refractivity contribution in [1.29, 1.82) is 0 Å². The molecule has 1 fully saturated rings. The molecule has 1 aliphatic carbocycles. The van der Waals surface area contributed by atoms with E-state index in [0.29, 0.717) is 18.8 Å². The standard InChI is InChI=1S/C25H26N6O3/c1-25(2,24(26)34)30-22(32)19-5-3-4-18(28-19)17-10-16-11-20(29-21(16)27-12-17)15-8-9-31(13-15)23(33)14-6-7-14/h3-5,8,10-12,14H,6-7,9,13H2,1-2H3,(H2,26,34)(H,27,29)(H,30,32). The number of nitrogens with zero attached hydrogens (tertiary/aromatic N) is 3. The summed E-state index contributed by atoms with van der Waals surface area (Å²) in [6.45, 7) is 4.33. The Hall–Kier alpha value is -4.01. The molecule has 9 heteroatoms. The van der Waals surface area contributed by atoms with Gasteiger partial charge in [-0.3, -0.25) is 14.4 Å². The van der Waals surface area contributed by atoms with Crippen LogP contribution in [0.25, 0.3) is 27.9 Å². The summed E-state index contributed by atoms with van der Waals surface area (Å²) in [5.41, 5.74) is 8.45. The summed E-state index contributed by atoms with van der Waals surface area (Å²) in [5, 5.41) is 3.52. The van der Waals surface area contributed by atoms with Crippen LogP contribution in [0, 0.1) is 5.92 Å². The molecule has 4 N–H and O–H groups in total. The van der Waals surface area contributed by atoms with Crippen molar-refractivity contribution in [1.82, 2.24) is 25.2 Å². The van der Waals surface area contributed by atoms with Gasteiger partial charge >= 0.3 is 0 Å². The number of carbonyl (C=O) groups is 3. The summed E-state index contributed by atoms with van der Waals surface area (Å²) < 4.78 is 0. The minimum atomic E-state index is -1.19. The lowest BCUT2D eigenvalue weighted by molar-refractivity contribution is -0.131. The molecule has 174 valence electrons. The maximum absolute atomic E-state index is 12.6. The van der Waals surface area contributed by atoms with E-state index in [1.165, 1.54) is 0 Å². The molecule has 3 aromatic rings. The second kappa shape index (κ2) is 8.09. The molecule has 0 spiro atoms. The van der Waals surface area contributed by atoms with E-state index in [-0.39, 0.29) is 17.5 Å². The van der Waals surface area contributed by atoms with E-state index in [0.717, 1.165) is 40.7 Å². The molecule has 0 atom stereocenters. The Morgan fingerprint density at radius 2 is 2.00 bits per heavy atom. The largest absolute Gasteiger partial charge is 0.368 e. The fourth-order valence-corrected chi connectivity index (χ4v) is 3.97. The lowest BCUT2D eigenvalue weighted by Crippen LogP contribution is -2.53. The lowest BCUT2D eigenvalue weighted by atomic mass is 10.0. The Labute approximate surface area is 196 Å². The zero-order valence-electron chi connectivity index (χ0n) is 19.1. The first-order valence-electron chi connectivity index (χ1n) is 11.3. The van der Waals surface area contributed by atoms with Crippen LogP contribution < -0.4 is 11.1 Å². The third-order valence-electron chi connectivity index (χ3n) is 6.29. The molecule has 1 saturated carbocycles. The predicted octanol–water partition coefficient (Wildman–Crippen LogP) is 2.25. The highest BCUT2D eigenvalue weighted by molar-refractivity contribution is 5.97. The van der Waals surface area contributed by atoms with Crippen LogP contribution in [0.3, 0.4) is 0 Å². The van der Waals surface area contributed by atoms with Gasteiger partial charge in [0.1, 0.15) is 16.9 Å². The van der Waals surface area contributed by atoms with Crippen LogP contribution >= 0.6 is 0 Å². The zero-order valence-corrected chi connectivity index (χ0v) is 19.1. The lowest BCUT2D eigenvalue weighted by Gasteiger charge is -2.21. The molecule has 2 aliphatic rings. The zero-order chi connectivity index (χ0) is 24.0. The number of aromatic nitrogens is 3. The Bertz CT molecular complexity index is 1350. The molecule has 3 amide bonds. The van der Waals surface area contributed by atoms with E-state index in [1.54, 1.807) is 38.2 Å². The van der Waals surface area contributed by atoms with Gasteiger partial charge in [-0.15, -0.1) is 0 Å². The Kier molecular flexibility index (Phi) is 5.19. The second-order valence-corrected chi connectivity index (χ2v) is 9.42. The average molecular weight is 459 g/mol. The van der Waals surface area contributed by atoms with Crippen molar-refractivity contribution in [3.8, 4) is 11.3 Å². The number of rotatable bonds is 6. The molecule has 1 aliphatic heterocycles. The number of nitrogens with two attached hydrogens (primary N) is 1. The van der Waals surface area contributed by atoms with Gasteiger partial charge in [0.25, 0.3) is 5.91 Å².